The molecule has 1 aromatic carbocycles. The molecule has 2 rings (SSSR count). The van der Waals surface area contributed by atoms with Gasteiger partial charge in [-0.05, 0) is 64.5 Å². The fourth-order valence-electron chi connectivity index (χ4n) is 2.64. The molecule has 110 valence electrons. The lowest BCUT2D eigenvalue weighted by atomic mass is 10.1. The number of urea groups is 1. The van der Waals surface area contributed by atoms with Crippen LogP contribution < -0.4 is 10.2 Å². The van der Waals surface area contributed by atoms with Gasteiger partial charge in [-0.3, -0.25) is 4.90 Å². The van der Waals surface area contributed by atoms with Gasteiger partial charge < -0.3 is 10.2 Å². The fourth-order valence-corrected chi connectivity index (χ4v) is 2.64. The van der Waals surface area contributed by atoms with E-state index in [0.29, 0.717) is 12.6 Å². The van der Waals surface area contributed by atoms with Crippen LogP contribution in [0.1, 0.15) is 25.3 Å². The van der Waals surface area contributed by atoms with E-state index < -0.39 is 0 Å². The molecule has 0 radical (unpaired) electrons. The Balaban J connectivity index is 1.99. The zero-order valence-corrected chi connectivity index (χ0v) is 12.7. The van der Waals surface area contributed by atoms with Crippen LogP contribution in [0, 0.1) is 6.92 Å². The Kier molecular flexibility index (Phi) is 5.01. The summed E-state index contributed by atoms with van der Waals surface area (Å²) in [4.78, 5) is 16.6. The Morgan fingerprint density at radius 1 is 1.40 bits per heavy atom. The Morgan fingerprint density at radius 3 is 2.70 bits per heavy atom. The van der Waals surface area contributed by atoms with Gasteiger partial charge in [0.25, 0.3) is 0 Å². The lowest BCUT2D eigenvalue weighted by Gasteiger charge is -2.31. The lowest BCUT2D eigenvalue weighted by Crippen LogP contribution is -2.48. The molecule has 0 bridgehead atoms. The predicted octanol–water partition coefficient (Wildman–Crippen LogP) is 2.63. The molecule has 1 aliphatic rings. The molecular formula is C16H25N3O. The van der Waals surface area contributed by atoms with Crippen LogP contribution in [0.15, 0.2) is 24.3 Å². The average molecular weight is 275 g/mol. The molecule has 20 heavy (non-hydrogen) atoms. The molecular weight excluding hydrogens is 250 g/mol. The lowest BCUT2D eigenvalue weighted by molar-refractivity contribution is 0.218. The largest absolute Gasteiger partial charge is 0.335 e. The minimum atomic E-state index is 0.0210. The van der Waals surface area contributed by atoms with Crippen molar-refractivity contribution in [2.24, 2.45) is 0 Å². The van der Waals surface area contributed by atoms with Crippen LogP contribution in [-0.4, -0.2) is 43.7 Å². The number of benzene rings is 1. The first kappa shape index (κ1) is 14.9. The maximum absolute atomic E-state index is 12.4. The fraction of sp³-hybridized carbons (Fsp3) is 0.562. The topological polar surface area (TPSA) is 35.6 Å². The maximum atomic E-state index is 12.4. The van der Waals surface area contributed by atoms with Crippen molar-refractivity contribution in [3.05, 3.63) is 29.8 Å². The van der Waals surface area contributed by atoms with Gasteiger partial charge in [0.1, 0.15) is 0 Å². The highest BCUT2D eigenvalue weighted by molar-refractivity contribution is 5.92. The SMILES string of the molecule is CCN(C(=O)NC1CCN(C)CC1)c1cccc(C)c1. The van der Waals surface area contributed by atoms with Crippen molar-refractivity contribution in [1.82, 2.24) is 10.2 Å². The maximum Gasteiger partial charge on any atom is 0.322 e. The summed E-state index contributed by atoms with van der Waals surface area (Å²) in [6.07, 6.45) is 2.07. The first-order chi connectivity index (χ1) is 9.60. The molecule has 0 aliphatic carbocycles. The van der Waals surface area contributed by atoms with Gasteiger partial charge in [0.15, 0.2) is 0 Å². The normalized spacial score (nSPS) is 16.9. The predicted molar refractivity (Wildman–Crippen MR) is 83.2 cm³/mol. The number of anilines is 1. The van der Waals surface area contributed by atoms with Gasteiger partial charge in [-0.15, -0.1) is 0 Å². The summed E-state index contributed by atoms with van der Waals surface area (Å²) in [7, 11) is 2.13. The van der Waals surface area contributed by atoms with Gasteiger partial charge in [-0.2, -0.15) is 0 Å². The van der Waals surface area contributed by atoms with E-state index in [2.05, 4.69) is 23.3 Å². The van der Waals surface area contributed by atoms with E-state index in [0.717, 1.165) is 31.6 Å². The van der Waals surface area contributed by atoms with Crippen molar-refractivity contribution in [2.75, 3.05) is 31.6 Å². The van der Waals surface area contributed by atoms with E-state index in [1.807, 2.05) is 36.9 Å². The van der Waals surface area contributed by atoms with Gasteiger partial charge in [0.2, 0.25) is 0 Å². The van der Waals surface area contributed by atoms with Crippen LogP contribution in [0.4, 0.5) is 10.5 Å². The Morgan fingerprint density at radius 2 is 2.10 bits per heavy atom. The molecule has 4 heteroatoms. The Hall–Kier alpha value is -1.55. The smallest absolute Gasteiger partial charge is 0.322 e. The van der Waals surface area contributed by atoms with Gasteiger partial charge in [-0.25, -0.2) is 4.79 Å². The number of hydrogen-bond acceptors (Lipinski definition) is 2. The molecule has 4 nitrogen and oxygen atoms in total. The molecule has 1 heterocycles. The van der Waals surface area contributed by atoms with E-state index in [-0.39, 0.29) is 6.03 Å². The standard InChI is InChI=1S/C16H25N3O/c1-4-19(15-7-5-6-13(2)12-15)16(20)17-14-8-10-18(3)11-9-14/h5-7,12,14H,4,8-11H2,1-3H3,(H,17,20). The third kappa shape index (κ3) is 3.73. The number of carbonyl (C=O) groups is 1. The van der Waals surface area contributed by atoms with Crippen LogP contribution in [0.3, 0.4) is 0 Å². The number of hydrogen-bond donors (Lipinski definition) is 1. The number of likely N-dealkylation sites (tertiary alicyclic amines) is 1. The Labute approximate surface area is 121 Å². The van der Waals surface area contributed by atoms with E-state index in [4.69, 9.17) is 0 Å². The van der Waals surface area contributed by atoms with E-state index in [1.165, 1.54) is 5.56 Å². The summed E-state index contributed by atoms with van der Waals surface area (Å²) in [6.45, 7) is 6.85. The monoisotopic (exact) mass is 275 g/mol. The molecule has 1 N–H and O–H groups in total. The van der Waals surface area contributed by atoms with Crippen LogP contribution >= 0.6 is 0 Å². The molecule has 0 saturated carbocycles. The molecule has 0 unspecified atom stereocenters. The zero-order valence-electron chi connectivity index (χ0n) is 12.7. The van der Waals surface area contributed by atoms with Crippen molar-refractivity contribution in [3.63, 3.8) is 0 Å². The molecule has 1 saturated heterocycles. The summed E-state index contributed by atoms with van der Waals surface area (Å²) >= 11 is 0. The molecule has 0 spiro atoms. The quantitative estimate of drug-likeness (QED) is 0.920. The van der Waals surface area contributed by atoms with Gasteiger partial charge in [-0.1, -0.05) is 12.1 Å². The van der Waals surface area contributed by atoms with Crippen molar-refractivity contribution in [2.45, 2.75) is 32.7 Å². The molecule has 2 amide bonds. The molecule has 1 aromatic rings. The summed E-state index contributed by atoms with van der Waals surface area (Å²) in [5.41, 5.74) is 2.14. The first-order valence-electron chi connectivity index (χ1n) is 7.43. The highest BCUT2D eigenvalue weighted by Gasteiger charge is 2.21. The van der Waals surface area contributed by atoms with Gasteiger partial charge in [0.05, 0.1) is 0 Å². The summed E-state index contributed by atoms with van der Waals surface area (Å²) in [5.74, 6) is 0. The average Bonchev–Trinajstić information content (AvgIpc) is 2.42. The van der Waals surface area contributed by atoms with Crippen LogP contribution in [0.2, 0.25) is 0 Å². The third-order valence-corrected chi connectivity index (χ3v) is 3.92. The minimum Gasteiger partial charge on any atom is -0.335 e. The molecule has 1 aliphatic heterocycles. The first-order valence-corrected chi connectivity index (χ1v) is 7.43. The zero-order chi connectivity index (χ0) is 14.5. The third-order valence-electron chi connectivity index (χ3n) is 3.92. The summed E-state index contributed by atoms with van der Waals surface area (Å²) in [5, 5.41) is 3.17. The second kappa shape index (κ2) is 6.75. The second-order valence-electron chi connectivity index (χ2n) is 5.61. The number of piperidine rings is 1. The highest BCUT2D eigenvalue weighted by Crippen LogP contribution is 2.17. The van der Waals surface area contributed by atoms with Gasteiger partial charge in [0, 0.05) is 18.3 Å². The molecule has 0 atom stereocenters. The van der Waals surface area contributed by atoms with E-state index >= 15 is 0 Å². The second-order valence-corrected chi connectivity index (χ2v) is 5.61. The van der Waals surface area contributed by atoms with Crippen molar-refractivity contribution >= 4 is 11.7 Å². The van der Waals surface area contributed by atoms with Gasteiger partial charge >= 0.3 is 6.03 Å². The number of amides is 2. The number of rotatable bonds is 3. The number of nitrogens with zero attached hydrogens (tertiary/aromatic N) is 2. The Bertz CT molecular complexity index is 453. The van der Waals surface area contributed by atoms with Crippen molar-refractivity contribution in [1.29, 1.82) is 0 Å². The van der Waals surface area contributed by atoms with Crippen LogP contribution in [-0.2, 0) is 0 Å². The number of nitrogens with one attached hydrogen (secondary N) is 1. The molecule has 0 aromatic heterocycles. The van der Waals surface area contributed by atoms with Crippen molar-refractivity contribution < 1.29 is 4.79 Å². The van der Waals surface area contributed by atoms with E-state index in [1.54, 1.807) is 0 Å². The minimum absolute atomic E-state index is 0.0210. The van der Waals surface area contributed by atoms with Crippen LogP contribution in [0.5, 0.6) is 0 Å². The van der Waals surface area contributed by atoms with E-state index in [9.17, 15) is 4.79 Å². The summed E-state index contributed by atoms with van der Waals surface area (Å²) in [6, 6.07) is 8.41. The highest BCUT2D eigenvalue weighted by atomic mass is 16.2. The van der Waals surface area contributed by atoms with Crippen LogP contribution in [0.25, 0.3) is 0 Å². The number of carbonyl (C=O) groups excluding carboxylic acids is 1. The summed E-state index contributed by atoms with van der Waals surface area (Å²) < 4.78 is 0. The number of aryl methyl sites for hydroxylation is 1. The van der Waals surface area contributed by atoms with Crippen molar-refractivity contribution in [3.8, 4) is 0 Å². The molecule has 1 fully saturated rings.